The average Bonchev–Trinajstić information content (AvgIpc) is 3.87. The van der Waals surface area contributed by atoms with Crippen molar-refractivity contribution in [2.45, 2.75) is 19.3 Å². The predicted molar refractivity (Wildman–Crippen MR) is 244 cm³/mol. The van der Waals surface area contributed by atoms with Crippen LogP contribution in [-0.4, -0.2) is 14.5 Å². The van der Waals surface area contributed by atoms with Gasteiger partial charge in [-0.05, 0) is 99.3 Å². The molecule has 1 spiro atoms. The molecule has 0 bridgehead atoms. The molecule has 0 saturated heterocycles. The molecule has 0 aliphatic heterocycles. The van der Waals surface area contributed by atoms with Gasteiger partial charge in [0.2, 0.25) is 0 Å². The van der Waals surface area contributed by atoms with Crippen molar-refractivity contribution < 1.29 is 0 Å². The molecule has 0 fully saturated rings. The second-order valence-corrected chi connectivity index (χ2v) is 14.9. The fourth-order valence-electron chi connectivity index (χ4n) is 9.42. The van der Waals surface area contributed by atoms with Crippen molar-refractivity contribution in [3.63, 3.8) is 0 Å². The number of nitrogens with zero attached hydrogens (tertiary/aromatic N) is 3. The number of allylic oxidation sites excluding steroid dienone is 10. The molecule has 276 valence electrons. The number of benzene rings is 6. The lowest BCUT2D eigenvalue weighted by Crippen LogP contribution is -2.25. The average molecular weight is 744 g/mol. The minimum Gasteiger partial charge on any atom is -0.294 e. The van der Waals surface area contributed by atoms with Crippen LogP contribution in [0.15, 0.2) is 201 Å². The van der Waals surface area contributed by atoms with Crippen molar-refractivity contribution in [1.29, 1.82) is 0 Å². The molecule has 0 unspecified atom stereocenters. The molecule has 0 saturated carbocycles. The molecule has 3 heteroatoms. The van der Waals surface area contributed by atoms with Crippen LogP contribution in [0, 0.1) is 0 Å². The van der Waals surface area contributed by atoms with Gasteiger partial charge in [-0.15, -0.1) is 0 Å². The summed E-state index contributed by atoms with van der Waals surface area (Å²) in [6.45, 7) is 12.1. The first-order valence-electron chi connectivity index (χ1n) is 19.9. The van der Waals surface area contributed by atoms with E-state index in [0.29, 0.717) is 5.82 Å². The third-order valence-electron chi connectivity index (χ3n) is 11.9. The molecule has 0 amide bonds. The van der Waals surface area contributed by atoms with E-state index < -0.39 is 5.41 Å². The highest BCUT2D eigenvalue weighted by Crippen LogP contribution is 2.63. The van der Waals surface area contributed by atoms with Crippen molar-refractivity contribution >= 4 is 33.0 Å². The minimum atomic E-state index is -0.456. The first-order chi connectivity index (χ1) is 28.6. The summed E-state index contributed by atoms with van der Waals surface area (Å²) >= 11 is 0. The monoisotopic (exact) mass is 743 g/mol. The SMILES string of the molecule is C=C/C=C\C(=C/C)c1cc(-n2c3ccc(-c4ccccc4)cc3c3cc4c(cc32)-c2ccccc2C42c3ccccc3-c3ccccc32)nc(/C(C=C)=C/C=C\C)n1. The minimum absolute atomic E-state index is 0.456. The maximum absolute atomic E-state index is 5.35. The van der Waals surface area contributed by atoms with Crippen LogP contribution in [0.1, 0.15) is 47.6 Å². The van der Waals surface area contributed by atoms with E-state index in [0.717, 1.165) is 39.1 Å². The molecule has 10 rings (SSSR count). The Morgan fingerprint density at radius 1 is 0.569 bits per heavy atom. The maximum Gasteiger partial charge on any atom is 0.162 e. The Morgan fingerprint density at radius 3 is 1.84 bits per heavy atom. The number of hydrogen-bond donors (Lipinski definition) is 0. The maximum atomic E-state index is 5.35. The summed E-state index contributed by atoms with van der Waals surface area (Å²) in [6.07, 6.45) is 15.7. The molecular weight excluding hydrogens is 703 g/mol. The molecule has 0 atom stereocenters. The highest BCUT2D eigenvalue weighted by atomic mass is 15.1. The second kappa shape index (κ2) is 14.0. The molecule has 0 N–H and O–H groups in total. The number of hydrogen-bond acceptors (Lipinski definition) is 2. The zero-order valence-corrected chi connectivity index (χ0v) is 32.7. The van der Waals surface area contributed by atoms with E-state index in [1.165, 1.54) is 61.0 Å². The Hall–Kier alpha value is -7.36. The van der Waals surface area contributed by atoms with Gasteiger partial charge in [-0.3, -0.25) is 4.57 Å². The van der Waals surface area contributed by atoms with Gasteiger partial charge < -0.3 is 0 Å². The lowest BCUT2D eigenvalue weighted by molar-refractivity contribution is 0.795. The van der Waals surface area contributed by atoms with E-state index in [1.54, 1.807) is 6.08 Å². The summed E-state index contributed by atoms with van der Waals surface area (Å²) in [5.41, 5.74) is 17.0. The zero-order chi connectivity index (χ0) is 39.4. The van der Waals surface area contributed by atoms with Gasteiger partial charge in [0.05, 0.1) is 22.1 Å². The fourth-order valence-corrected chi connectivity index (χ4v) is 9.42. The molecule has 2 aliphatic rings. The van der Waals surface area contributed by atoms with Gasteiger partial charge in [0.25, 0.3) is 0 Å². The fraction of sp³-hybridized carbons (Fsp3) is 0.0545. The summed E-state index contributed by atoms with van der Waals surface area (Å²) in [7, 11) is 0. The molecule has 2 heterocycles. The quantitative estimate of drug-likeness (QED) is 0.145. The van der Waals surface area contributed by atoms with E-state index in [9.17, 15) is 0 Å². The van der Waals surface area contributed by atoms with Gasteiger partial charge in [0.1, 0.15) is 5.82 Å². The third-order valence-corrected chi connectivity index (χ3v) is 11.9. The summed E-state index contributed by atoms with van der Waals surface area (Å²) in [6, 6.07) is 51.5. The van der Waals surface area contributed by atoms with Crippen LogP contribution in [-0.2, 0) is 5.41 Å². The summed E-state index contributed by atoms with van der Waals surface area (Å²) in [5.74, 6) is 1.39. The Kier molecular flexibility index (Phi) is 8.46. The van der Waals surface area contributed by atoms with E-state index >= 15 is 0 Å². The summed E-state index contributed by atoms with van der Waals surface area (Å²) in [5, 5.41) is 2.34. The van der Waals surface area contributed by atoms with Gasteiger partial charge >= 0.3 is 0 Å². The van der Waals surface area contributed by atoms with E-state index in [1.807, 2.05) is 50.3 Å². The number of aromatic nitrogens is 3. The Balaban J connectivity index is 1.34. The molecule has 8 aromatic rings. The standard InChI is InChI=1S/C55H41N3/c1-5-9-20-36(7-3)50-35-53(57-54(56-50)37(8-4)21-10-6-2)58-51-31-30-39(38-22-12-11-13-23-38)32-44(51)45-33-49-43(34-52(45)58)42-26-16-19-29-48(42)55(49)46-27-17-14-24-40(46)41-25-15-18-28-47(41)55/h5-35H,1,4H2,2-3H3/b10-6-,20-9-,36-7+,37-21+. The highest BCUT2D eigenvalue weighted by Gasteiger charge is 2.51. The summed E-state index contributed by atoms with van der Waals surface area (Å²) < 4.78 is 2.33. The Bertz CT molecular complexity index is 3070. The van der Waals surface area contributed by atoms with Crippen LogP contribution < -0.4 is 0 Å². The van der Waals surface area contributed by atoms with Gasteiger partial charge in [-0.25, -0.2) is 9.97 Å². The molecule has 58 heavy (non-hydrogen) atoms. The summed E-state index contributed by atoms with van der Waals surface area (Å²) in [4.78, 5) is 10.5. The van der Waals surface area contributed by atoms with Gasteiger partial charge in [-0.2, -0.15) is 0 Å². The van der Waals surface area contributed by atoms with Crippen LogP contribution in [0.4, 0.5) is 0 Å². The third kappa shape index (κ3) is 5.13. The van der Waals surface area contributed by atoms with Crippen LogP contribution in [0.3, 0.4) is 0 Å². The Morgan fingerprint density at radius 2 is 1.21 bits per heavy atom. The van der Waals surface area contributed by atoms with E-state index in [-0.39, 0.29) is 0 Å². The van der Waals surface area contributed by atoms with Crippen molar-refractivity contribution in [3.8, 4) is 39.2 Å². The smallest absolute Gasteiger partial charge is 0.162 e. The van der Waals surface area contributed by atoms with Gasteiger partial charge in [-0.1, -0.05) is 171 Å². The van der Waals surface area contributed by atoms with Crippen molar-refractivity contribution in [2.24, 2.45) is 0 Å². The lowest BCUT2D eigenvalue weighted by atomic mass is 9.70. The molecule has 2 aliphatic carbocycles. The molecule has 2 aromatic heterocycles. The van der Waals surface area contributed by atoms with Crippen molar-refractivity contribution in [2.75, 3.05) is 0 Å². The van der Waals surface area contributed by atoms with Crippen molar-refractivity contribution in [1.82, 2.24) is 14.5 Å². The van der Waals surface area contributed by atoms with E-state index in [2.05, 4.69) is 163 Å². The number of rotatable bonds is 8. The molecule has 3 nitrogen and oxygen atoms in total. The predicted octanol–water partition coefficient (Wildman–Crippen LogP) is 13.9. The first-order valence-corrected chi connectivity index (χ1v) is 19.9. The van der Waals surface area contributed by atoms with Gasteiger partial charge in [0, 0.05) is 22.4 Å². The lowest BCUT2D eigenvalue weighted by Gasteiger charge is -2.30. The van der Waals surface area contributed by atoms with Gasteiger partial charge in [0.15, 0.2) is 5.82 Å². The molecular formula is C55H41N3. The van der Waals surface area contributed by atoms with E-state index in [4.69, 9.17) is 9.97 Å². The highest BCUT2D eigenvalue weighted by molar-refractivity contribution is 6.13. The van der Waals surface area contributed by atoms with Crippen LogP contribution in [0.5, 0.6) is 0 Å². The van der Waals surface area contributed by atoms with Crippen LogP contribution in [0.25, 0.3) is 72.2 Å². The topological polar surface area (TPSA) is 30.7 Å². The van der Waals surface area contributed by atoms with Crippen LogP contribution >= 0.6 is 0 Å². The van der Waals surface area contributed by atoms with Crippen LogP contribution in [0.2, 0.25) is 0 Å². The first kappa shape index (κ1) is 35.1. The number of fused-ring (bicyclic) bond motifs is 13. The molecule has 6 aromatic carbocycles. The Labute approximate surface area is 339 Å². The normalized spacial score (nSPS) is 14.0. The second-order valence-electron chi connectivity index (χ2n) is 14.9. The van der Waals surface area contributed by atoms with Crippen molar-refractivity contribution in [3.05, 3.63) is 235 Å². The largest absolute Gasteiger partial charge is 0.294 e. The molecule has 0 radical (unpaired) electrons. The zero-order valence-electron chi connectivity index (χ0n) is 32.7.